The molecular formula is C37H36N4O4S. The highest BCUT2D eigenvalue weighted by Crippen LogP contribution is 2.31. The number of nitrogens with one attached hydrogen (secondary N) is 1. The number of fused-ring (bicyclic) bond motifs is 1. The molecule has 2 heterocycles. The third kappa shape index (κ3) is 6.42. The molecule has 9 heteroatoms. The average Bonchev–Trinajstić information content (AvgIpc) is 3.11. The van der Waals surface area contributed by atoms with Crippen molar-refractivity contribution in [1.29, 1.82) is 0 Å². The number of nitrogens with zero attached hydrogens (tertiary/aromatic N) is 3. The molecule has 46 heavy (non-hydrogen) atoms. The monoisotopic (exact) mass is 632 g/mol. The molecule has 8 nitrogen and oxygen atoms in total. The number of hydrogen-bond donors (Lipinski definition) is 1. The summed E-state index contributed by atoms with van der Waals surface area (Å²) >= 11 is 0. The minimum absolute atomic E-state index is 0.000610. The van der Waals surface area contributed by atoms with Gasteiger partial charge in [0.05, 0.1) is 11.4 Å². The Morgan fingerprint density at radius 3 is 2.00 bits per heavy atom. The first-order valence-corrected chi connectivity index (χ1v) is 16.9. The van der Waals surface area contributed by atoms with Crippen LogP contribution >= 0.6 is 0 Å². The Morgan fingerprint density at radius 2 is 1.37 bits per heavy atom. The first-order valence-electron chi connectivity index (χ1n) is 15.4. The lowest BCUT2D eigenvalue weighted by atomic mass is 9.89. The van der Waals surface area contributed by atoms with Gasteiger partial charge in [-0.05, 0) is 34.7 Å². The summed E-state index contributed by atoms with van der Waals surface area (Å²) in [6.07, 6.45) is 1.56. The third-order valence-electron chi connectivity index (χ3n) is 8.59. The number of carbonyl (C=O) groups is 2. The van der Waals surface area contributed by atoms with E-state index < -0.39 is 27.9 Å². The molecule has 2 atom stereocenters. The standard InChI is InChI=1S/C37H36N4O4S/c1-27(28-13-5-2-6-14-28)25-39-36(42)32-26-40(37(43)34(29-15-7-3-8-16-29)30-17-9-4-10-18-30)23-24-41(32)46(44,45)33-21-11-19-31-20-12-22-38-35(31)33/h2-22,27,32,34H,23-26H2,1H3,(H,39,42). The van der Waals surface area contributed by atoms with E-state index in [1.165, 1.54) is 10.4 Å². The Morgan fingerprint density at radius 1 is 0.783 bits per heavy atom. The smallest absolute Gasteiger partial charge is 0.246 e. The highest BCUT2D eigenvalue weighted by molar-refractivity contribution is 7.89. The van der Waals surface area contributed by atoms with E-state index in [1.54, 1.807) is 35.4 Å². The van der Waals surface area contributed by atoms with Crippen LogP contribution in [-0.4, -0.2) is 66.6 Å². The summed E-state index contributed by atoms with van der Waals surface area (Å²) in [6, 6.07) is 36.3. The van der Waals surface area contributed by atoms with Crippen molar-refractivity contribution in [2.24, 2.45) is 0 Å². The lowest BCUT2D eigenvalue weighted by Gasteiger charge is -2.41. The van der Waals surface area contributed by atoms with Gasteiger partial charge in [0.1, 0.15) is 10.9 Å². The number of sulfonamides is 1. The zero-order valence-corrected chi connectivity index (χ0v) is 26.4. The molecule has 0 saturated carbocycles. The molecule has 1 aromatic heterocycles. The molecule has 0 spiro atoms. The largest absolute Gasteiger partial charge is 0.354 e. The van der Waals surface area contributed by atoms with Gasteiger partial charge < -0.3 is 10.2 Å². The van der Waals surface area contributed by atoms with Crippen LogP contribution in [0.15, 0.2) is 132 Å². The van der Waals surface area contributed by atoms with Gasteiger partial charge in [0.2, 0.25) is 21.8 Å². The average molecular weight is 633 g/mol. The molecule has 5 aromatic rings. The predicted octanol–water partition coefficient (Wildman–Crippen LogP) is 5.19. The van der Waals surface area contributed by atoms with E-state index in [0.717, 1.165) is 16.7 Å². The van der Waals surface area contributed by atoms with Gasteiger partial charge >= 0.3 is 0 Å². The normalized spacial score (nSPS) is 16.3. The van der Waals surface area contributed by atoms with Gasteiger partial charge in [-0.2, -0.15) is 4.31 Å². The van der Waals surface area contributed by atoms with Gasteiger partial charge in [-0.1, -0.05) is 116 Å². The van der Waals surface area contributed by atoms with E-state index in [9.17, 15) is 18.0 Å². The first kappa shape index (κ1) is 31.1. The Bertz CT molecular complexity index is 1880. The Kier molecular flexibility index (Phi) is 9.23. The number of aromatic nitrogens is 1. The first-order chi connectivity index (χ1) is 22.3. The minimum Gasteiger partial charge on any atom is -0.354 e. The van der Waals surface area contributed by atoms with E-state index >= 15 is 0 Å². The van der Waals surface area contributed by atoms with Crippen LogP contribution in [0, 0.1) is 0 Å². The fourth-order valence-corrected chi connectivity index (χ4v) is 7.84. The molecule has 234 valence electrons. The minimum atomic E-state index is -4.18. The van der Waals surface area contributed by atoms with Crippen LogP contribution in [0.3, 0.4) is 0 Å². The number of rotatable bonds is 9. The summed E-state index contributed by atoms with van der Waals surface area (Å²) in [5, 5.41) is 3.68. The maximum atomic E-state index is 14.3. The van der Waals surface area contributed by atoms with Gasteiger partial charge in [-0.15, -0.1) is 0 Å². The van der Waals surface area contributed by atoms with Crippen LogP contribution in [0.5, 0.6) is 0 Å². The highest BCUT2D eigenvalue weighted by atomic mass is 32.2. The lowest BCUT2D eigenvalue weighted by Crippen LogP contribution is -2.62. The number of hydrogen-bond acceptors (Lipinski definition) is 5. The van der Waals surface area contributed by atoms with Crippen molar-refractivity contribution in [3.05, 3.63) is 144 Å². The molecule has 1 aliphatic rings. The van der Waals surface area contributed by atoms with Crippen LogP contribution < -0.4 is 5.32 Å². The van der Waals surface area contributed by atoms with Crippen molar-refractivity contribution < 1.29 is 18.0 Å². The molecule has 1 N–H and O–H groups in total. The maximum absolute atomic E-state index is 14.3. The van der Waals surface area contributed by atoms with Crippen molar-refractivity contribution in [1.82, 2.24) is 19.5 Å². The van der Waals surface area contributed by atoms with Crippen molar-refractivity contribution >= 4 is 32.7 Å². The molecule has 4 aromatic carbocycles. The molecule has 1 saturated heterocycles. The zero-order valence-electron chi connectivity index (χ0n) is 25.6. The summed E-state index contributed by atoms with van der Waals surface area (Å²) < 4.78 is 29.9. The van der Waals surface area contributed by atoms with E-state index in [4.69, 9.17) is 0 Å². The lowest BCUT2D eigenvalue weighted by molar-refractivity contribution is -0.136. The zero-order chi connectivity index (χ0) is 32.1. The number of pyridine rings is 1. The van der Waals surface area contributed by atoms with Crippen molar-refractivity contribution in [2.75, 3.05) is 26.2 Å². The number of piperazine rings is 1. The summed E-state index contributed by atoms with van der Waals surface area (Å²) in [5.41, 5.74) is 3.05. The summed E-state index contributed by atoms with van der Waals surface area (Å²) in [4.78, 5) is 34.4. The fraction of sp³-hybridized carbons (Fsp3) is 0.216. The fourth-order valence-electron chi connectivity index (χ4n) is 6.10. The molecule has 0 bridgehead atoms. The summed E-state index contributed by atoms with van der Waals surface area (Å²) in [5.74, 6) is -1.24. The van der Waals surface area contributed by atoms with Gasteiger partial charge in [0.25, 0.3) is 0 Å². The maximum Gasteiger partial charge on any atom is 0.246 e. The van der Waals surface area contributed by atoms with Crippen LogP contribution in [0.4, 0.5) is 0 Å². The molecule has 2 amide bonds. The second-order valence-corrected chi connectivity index (χ2v) is 13.4. The molecular weight excluding hydrogens is 596 g/mol. The van der Waals surface area contributed by atoms with Crippen molar-refractivity contribution in [2.45, 2.75) is 29.7 Å². The van der Waals surface area contributed by atoms with Crippen molar-refractivity contribution in [3.8, 4) is 0 Å². The molecule has 0 aliphatic carbocycles. The van der Waals surface area contributed by atoms with Gasteiger partial charge in [-0.3, -0.25) is 14.6 Å². The highest BCUT2D eigenvalue weighted by Gasteiger charge is 2.43. The molecule has 1 aliphatic heterocycles. The van der Waals surface area contributed by atoms with E-state index in [-0.39, 0.29) is 36.4 Å². The Labute approximate surface area is 269 Å². The van der Waals surface area contributed by atoms with Crippen LogP contribution in [-0.2, 0) is 19.6 Å². The molecule has 2 unspecified atom stereocenters. The number of benzene rings is 4. The Balaban J connectivity index is 1.33. The second kappa shape index (κ2) is 13.6. The number of carbonyl (C=O) groups excluding carboxylic acids is 2. The molecule has 0 radical (unpaired) electrons. The van der Waals surface area contributed by atoms with Crippen LogP contribution in [0.25, 0.3) is 10.9 Å². The van der Waals surface area contributed by atoms with E-state index in [1.807, 2.05) is 97.9 Å². The molecule has 6 rings (SSSR count). The summed E-state index contributed by atoms with van der Waals surface area (Å²) in [7, 11) is -4.18. The number of amides is 2. The number of para-hydroxylation sites is 1. The Hall–Kier alpha value is -4.86. The summed E-state index contributed by atoms with van der Waals surface area (Å²) in [6.45, 7) is 2.33. The third-order valence-corrected chi connectivity index (χ3v) is 10.5. The topological polar surface area (TPSA) is 99.7 Å². The van der Waals surface area contributed by atoms with Crippen molar-refractivity contribution in [3.63, 3.8) is 0 Å². The van der Waals surface area contributed by atoms with Crippen LogP contribution in [0.2, 0.25) is 0 Å². The van der Waals surface area contributed by atoms with Gasteiger partial charge in [0, 0.05) is 37.8 Å². The van der Waals surface area contributed by atoms with Gasteiger partial charge in [0.15, 0.2) is 0 Å². The molecule has 1 fully saturated rings. The van der Waals surface area contributed by atoms with Crippen LogP contribution in [0.1, 0.15) is 35.4 Å². The second-order valence-electron chi connectivity index (χ2n) is 11.6. The van der Waals surface area contributed by atoms with E-state index in [0.29, 0.717) is 17.4 Å². The SMILES string of the molecule is CC(CNC(=O)C1CN(C(=O)C(c2ccccc2)c2ccccc2)CCN1S(=O)(=O)c1cccc2cccnc12)c1ccccc1. The quantitative estimate of drug-likeness (QED) is 0.241. The van der Waals surface area contributed by atoms with E-state index in [2.05, 4.69) is 10.3 Å². The van der Waals surface area contributed by atoms with Gasteiger partial charge in [-0.25, -0.2) is 8.42 Å². The predicted molar refractivity (Wildman–Crippen MR) is 179 cm³/mol.